The Balaban J connectivity index is 1.49. The van der Waals surface area contributed by atoms with Crippen molar-refractivity contribution in [2.45, 2.75) is 31.8 Å². The molecule has 2 aromatic rings. The molecule has 2 atom stereocenters. The van der Waals surface area contributed by atoms with Crippen molar-refractivity contribution >= 4 is 11.6 Å². The van der Waals surface area contributed by atoms with E-state index in [1.807, 2.05) is 6.07 Å². The largest absolute Gasteiger partial charge is 0.368 e. The van der Waals surface area contributed by atoms with Crippen LogP contribution in [0.25, 0.3) is 0 Å². The SMILES string of the molecule is O=C(NCc1ccc(F)cc1)C1Cc2ccccc2N2CCCC12. The minimum absolute atomic E-state index is 0.0113. The summed E-state index contributed by atoms with van der Waals surface area (Å²) < 4.78 is 13.0. The van der Waals surface area contributed by atoms with E-state index in [0.29, 0.717) is 12.6 Å². The van der Waals surface area contributed by atoms with E-state index in [4.69, 9.17) is 0 Å². The van der Waals surface area contributed by atoms with E-state index in [1.165, 1.54) is 23.4 Å². The Morgan fingerprint density at radius 2 is 1.96 bits per heavy atom. The second-order valence-corrected chi connectivity index (χ2v) is 6.69. The van der Waals surface area contributed by atoms with Crippen molar-refractivity contribution in [1.82, 2.24) is 5.32 Å². The smallest absolute Gasteiger partial charge is 0.225 e. The zero-order valence-corrected chi connectivity index (χ0v) is 13.5. The van der Waals surface area contributed by atoms with Crippen molar-refractivity contribution in [3.63, 3.8) is 0 Å². The number of carbonyl (C=O) groups excluding carboxylic acids is 1. The Morgan fingerprint density at radius 1 is 1.17 bits per heavy atom. The molecule has 1 N–H and O–H groups in total. The first-order chi connectivity index (χ1) is 11.7. The second-order valence-electron chi connectivity index (χ2n) is 6.69. The van der Waals surface area contributed by atoms with Gasteiger partial charge < -0.3 is 10.2 Å². The first-order valence-electron chi connectivity index (χ1n) is 8.59. The number of anilines is 1. The average molecular weight is 324 g/mol. The van der Waals surface area contributed by atoms with Crippen LogP contribution in [-0.4, -0.2) is 18.5 Å². The molecule has 4 rings (SSSR count). The van der Waals surface area contributed by atoms with Crippen LogP contribution in [0.5, 0.6) is 0 Å². The Bertz CT molecular complexity index is 744. The van der Waals surface area contributed by atoms with Gasteiger partial charge >= 0.3 is 0 Å². The predicted octanol–water partition coefficient (Wildman–Crippen LogP) is 3.28. The van der Waals surface area contributed by atoms with Gasteiger partial charge in [0.05, 0.1) is 5.92 Å². The van der Waals surface area contributed by atoms with Gasteiger partial charge in [0.15, 0.2) is 0 Å². The lowest BCUT2D eigenvalue weighted by atomic mass is 9.85. The lowest BCUT2D eigenvalue weighted by molar-refractivity contribution is -0.125. The van der Waals surface area contributed by atoms with Crippen molar-refractivity contribution in [1.29, 1.82) is 0 Å². The summed E-state index contributed by atoms with van der Waals surface area (Å²) in [6.07, 6.45) is 3.01. The fraction of sp³-hybridized carbons (Fsp3) is 0.350. The zero-order valence-electron chi connectivity index (χ0n) is 13.5. The van der Waals surface area contributed by atoms with Crippen molar-refractivity contribution in [2.75, 3.05) is 11.4 Å². The van der Waals surface area contributed by atoms with Gasteiger partial charge in [-0.15, -0.1) is 0 Å². The van der Waals surface area contributed by atoms with Gasteiger partial charge in [0, 0.05) is 24.8 Å². The third-order valence-corrected chi connectivity index (χ3v) is 5.22. The van der Waals surface area contributed by atoms with Crippen molar-refractivity contribution < 1.29 is 9.18 Å². The molecule has 0 saturated carbocycles. The lowest BCUT2D eigenvalue weighted by Crippen LogP contribution is -2.48. The molecule has 2 aliphatic heterocycles. The summed E-state index contributed by atoms with van der Waals surface area (Å²) in [5, 5.41) is 3.04. The lowest BCUT2D eigenvalue weighted by Gasteiger charge is -2.38. The van der Waals surface area contributed by atoms with E-state index in [0.717, 1.165) is 31.4 Å². The van der Waals surface area contributed by atoms with Crippen LogP contribution in [-0.2, 0) is 17.8 Å². The Hall–Kier alpha value is -2.36. The molecule has 24 heavy (non-hydrogen) atoms. The van der Waals surface area contributed by atoms with Gasteiger partial charge in [0.25, 0.3) is 0 Å². The highest BCUT2D eigenvalue weighted by atomic mass is 19.1. The molecule has 124 valence electrons. The number of para-hydroxylation sites is 1. The zero-order chi connectivity index (χ0) is 16.5. The van der Waals surface area contributed by atoms with Crippen LogP contribution in [0.4, 0.5) is 10.1 Å². The second kappa shape index (κ2) is 6.27. The molecule has 2 aromatic carbocycles. The van der Waals surface area contributed by atoms with Crippen LogP contribution in [0.3, 0.4) is 0 Å². The molecule has 3 nitrogen and oxygen atoms in total. The Morgan fingerprint density at radius 3 is 2.79 bits per heavy atom. The first kappa shape index (κ1) is 15.2. The number of nitrogens with zero attached hydrogens (tertiary/aromatic N) is 1. The van der Waals surface area contributed by atoms with Crippen LogP contribution >= 0.6 is 0 Å². The molecule has 1 fully saturated rings. The van der Waals surface area contributed by atoms with Crippen molar-refractivity contribution in [3.8, 4) is 0 Å². The fourth-order valence-electron chi connectivity index (χ4n) is 4.04. The van der Waals surface area contributed by atoms with Gasteiger partial charge in [-0.05, 0) is 48.6 Å². The number of benzene rings is 2. The maximum absolute atomic E-state index is 13.0. The summed E-state index contributed by atoms with van der Waals surface area (Å²) in [6, 6.07) is 15.0. The maximum Gasteiger partial charge on any atom is 0.225 e. The first-order valence-corrected chi connectivity index (χ1v) is 8.59. The molecule has 2 unspecified atom stereocenters. The highest BCUT2D eigenvalue weighted by Gasteiger charge is 2.40. The standard InChI is InChI=1S/C20H21FN2O/c21-16-9-7-14(8-10-16)13-22-20(24)17-12-15-4-1-2-5-18(15)23-11-3-6-19(17)23/h1-2,4-5,7-10,17,19H,3,6,11-13H2,(H,22,24). The molecule has 1 saturated heterocycles. The number of amides is 1. The summed E-state index contributed by atoms with van der Waals surface area (Å²) in [7, 11) is 0. The van der Waals surface area contributed by atoms with E-state index in [1.54, 1.807) is 12.1 Å². The van der Waals surface area contributed by atoms with Gasteiger partial charge in [-0.25, -0.2) is 4.39 Å². The number of hydrogen-bond donors (Lipinski definition) is 1. The molecule has 4 heteroatoms. The summed E-state index contributed by atoms with van der Waals surface area (Å²) in [5.74, 6) is -0.163. The van der Waals surface area contributed by atoms with E-state index >= 15 is 0 Å². The predicted molar refractivity (Wildman–Crippen MR) is 92.3 cm³/mol. The molecule has 1 amide bonds. The van der Waals surface area contributed by atoms with E-state index in [-0.39, 0.29) is 17.6 Å². The summed E-state index contributed by atoms with van der Waals surface area (Å²) >= 11 is 0. The highest BCUT2D eigenvalue weighted by Crippen LogP contribution is 2.39. The molecule has 2 aliphatic rings. The number of rotatable bonds is 3. The molecule has 0 aliphatic carbocycles. The van der Waals surface area contributed by atoms with E-state index < -0.39 is 0 Å². The van der Waals surface area contributed by atoms with Crippen LogP contribution in [0, 0.1) is 11.7 Å². The van der Waals surface area contributed by atoms with Gasteiger partial charge in [-0.3, -0.25) is 4.79 Å². The molecule has 0 spiro atoms. The van der Waals surface area contributed by atoms with Crippen LogP contribution in [0.2, 0.25) is 0 Å². The Labute approximate surface area is 141 Å². The normalized spacial score (nSPS) is 22.0. The average Bonchev–Trinajstić information content (AvgIpc) is 3.10. The summed E-state index contributed by atoms with van der Waals surface area (Å²) in [4.78, 5) is 15.2. The number of carbonyl (C=O) groups is 1. The molecule has 2 heterocycles. The van der Waals surface area contributed by atoms with Crippen LogP contribution in [0.1, 0.15) is 24.0 Å². The molecular formula is C20H21FN2O. The van der Waals surface area contributed by atoms with E-state index in [9.17, 15) is 9.18 Å². The van der Waals surface area contributed by atoms with Gasteiger partial charge in [-0.1, -0.05) is 30.3 Å². The van der Waals surface area contributed by atoms with E-state index in [2.05, 4.69) is 28.4 Å². The molecule has 0 bridgehead atoms. The van der Waals surface area contributed by atoms with Gasteiger partial charge in [0.1, 0.15) is 5.82 Å². The number of nitrogens with one attached hydrogen (secondary N) is 1. The minimum atomic E-state index is -0.254. The number of hydrogen-bond acceptors (Lipinski definition) is 2. The maximum atomic E-state index is 13.0. The van der Waals surface area contributed by atoms with Crippen molar-refractivity contribution in [3.05, 3.63) is 65.5 Å². The van der Waals surface area contributed by atoms with Crippen LogP contribution < -0.4 is 10.2 Å². The number of halogens is 1. The molecule has 0 aromatic heterocycles. The fourth-order valence-corrected chi connectivity index (χ4v) is 4.04. The summed E-state index contributed by atoms with van der Waals surface area (Å²) in [6.45, 7) is 1.48. The topological polar surface area (TPSA) is 32.3 Å². The quantitative estimate of drug-likeness (QED) is 0.940. The Kier molecular flexibility index (Phi) is 3.97. The summed E-state index contributed by atoms with van der Waals surface area (Å²) in [5.41, 5.74) is 3.48. The van der Waals surface area contributed by atoms with Crippen LogP contribution in [0.15, 0.2) is 48.5 Å². The third-order valence-electron chi connectivity index (χ3n) is 5.22. The van der Waals surface area contributed by atoms with Crippen molar-refractivity contribution in [2.24, 2.45) is 5.92 Å². The molecular weight excluding hydrogens is 303 g/mol. The molecule has 0 radical (unpaired) electrons. The monoisotopic (exact) mass is 324 g/mol. The van der Waals surface area contributed by atoms with Gasteiger partial charge in [0.2, 0.25) is 5.91 Å². The highest BCUT2D eigenvalue weighted by molar-refractivity contribution is 5.82. The number of fused-ring (bicyclic) bond motifs is 3. The van der Waals surface area contributed by atoms with Gasteiger partial charge in [-0.2, -0.15) is 0 Å². The minimum Gasteiger partial charge on any atom is -0.368 e. The third kappa shape index (κ3) is 2.77.